The topological polar surface area (TPSA) is 92.4 Å². The lowest BCUT2D eigenvalue weighted by Crippen LogP contribution is -2.39. The number of nitrogen functional groups attached to an aromatic ring is 1. The van der Waals surface area contributed by atoms with E-state index in [0.717, 1.165) is 72.3 Å². The molecule has 3 N–H and O–H groups in total. The van der Waals surface area contributed by atoms with Crippen molar-refractivity contribution in [2.75, 3.05) is 64.5 Å². The van der Waals surface area contributed by atoms with E-state index in [1.165, 1.54) is 0 Å². The summed E-state index contributed by atoms with van der Waals surface area (Å²) >= 11 is 1.56. The van der Waals surface area contributed by atoms with Crippen LogP contribution in [0.3, 0.4) is 0 Å². The van der Waals surface area contributed by atoms with Crippen LogP contribution >= 0.6 is 11.9 Å². The lowest BCUT2D eigenvalue weighted by Gasteiger charge is -2.26. The molecule has 1 aliphatic heterocycles. The van der Waals surface area contributed by atoms with Gasteiger partial charge in [0.15, 0.2) is 0 Å². The Bertz CT molecular complexity index is 1010. The Kier molecular flexibility index (Phi) is 6.63. The Hall–Kier alpha value is -2.46. The van der Waals surface area contributed by atoms with Crippen LogP contribution in [0, 0.1) is 0 Å². The van der Waals surface area contributed by atoms with Crippen LogP contribution < -0.4 is 11.1 Å². The molecule has 1 aromatic carbocycles. The van der Waals surface area contributed by atoms with Crippen LogP contribution in [0.15, 0.2) is 41.6 Å². The summed E-state index contributed by atoms with van der Waals surface area (Å²) in [6.45, 7) is 5.39. The quantitative estimate of drug-likeness (QED) is 0.554. The zero-order valence-corrected chi connectivity index (χ0v) is 18.2. The Balaban J connectivity index is 1.50. The number of ether oxygens (including phenoxy) is 1. The minimum atomic E-state index is 0.532. The van der Waals surface area contributed by atoms with E-state index in [4.69, 9.17) is 15.5 Å². The maximum atomic E-state index is 6.03. The number of nitrogens with zero attached hydrogens (tertiary/aromatic N) is 5. The van der Waals surface area contributed by atoms with Crippen molar-refractivity contribution in [1.29, 1.82) is 0 Å². The van der Waals surface area contributed by atoms with E-state index >= 15 is 0 Å². The number of morpholine rings is 1. The summed E-state index contributed by atoms with van der Waals surface area (Å²) in [5, 5.41) is 3.39. The molecule has 0 atom stereocenters. The second-order valence-electron chi connectivity index (χ2n) is 7.35. The van der Waals surface area contributed by atoms with E-state index in [9.17, 15) is 0 Å². The van der Waals surface area contributed by atoms with Crippen molar-refractivity contribution in [3.63, 3.8) is 0 Å². The average molecular weight is 426 g/mol. The van der Waals surface area contributed by atoms with Crippen LogP contribution in [0.2, 0.25) is 0 Å². The van der Waals surface area contributed by atoms with E-state index in [2.05, 4.69) is 26.3 Å². The maximum Gasteiger partial charge on any atom is 0.145 e. The molecule has 158 valence electrons. The van der Waals surface area contributed by atoms with Crippen LogP contribution in [0.5, 0.6) is 0 Å². The fraction of sp³-hybridized carbons (Fsp3) is 0.381. The van der Waals surface area contributed by atoms with Crippen molar-refractivity contribution in [3.8, 4) is 11.1 Å². The predicted molar refractivity (Wildman–Crippen MR) is 122 cm³/mol. The smallest absolute Gasteiger partial charge is 0.145 e. The van der Waals surface area contributed by atoms with Gasteiger partial charge < -0.3 is 15.8 Å². The van der Waals surface area contributed by atoms with Crippen molar-refractivity contribution in [2.24, 2.45) is 0 Å². The van der Waals surface area contributed by atoms with Crippen molar-refractivity contribution in [3.05, 3.63) is 36.7 Å². The van der Waals surface area contributed by atoms with Gasteiger partial charge in [-0.25, -0.2) is 9.97 Å². The number of hydrogen-bond donors (Lipinski definition) is 2. The summed E-state index contributed by atoms with van der Waals surface area (Å²) in [4.78, 5) is 17.0. The molecule has 3 heterocycles. The van der Waals surface area contributed by atoms with Crippen molar-refractivity contribution in [2.45, 2.75) is 4.90 Å². The molecule has 0 spiro atoms. The summed E-state index contributed by atoms with van der Waals surface area (Å²) in [5.41, 5.74) is 9.78. The van der Waals surface area contributed by atoms with Gasteiger partial charge in [-0.2, -0.15) is 0 Å². The average Bonchev–Trinajstić information content (AvgIpc) is 2.75. The molecular weight excluding hydrogens is 398 g/mol. The van der Waals surface area contributed by atoms with E-state index in [0.29, 0.717) is 5.82 Å². The van der Waals surface area contributed by atoms with Crippen LogP contribution in [-0.4, -0.2) is 77.6 Å². The van der Waals surface area contributed by atoms with Gasteiger partial charge in [0.25, 0.3) is 0 Å². The normalized spacial score (nSPS) is 15.0. The first-order valence-corrected chi connectivity index (χ1v) is 10.8. The SMILES string of the molecule is CN(C)Sc1cc(-c2ccc3ncc(NCCN4CCOCC4)nc3c2)cnc1N. The second kappa shape index (κ2) is 9.57. The molecule has 1 aliphatic rings. The molecule has 1 saturated heterocycles. The number of nitrogens with one attached hydrogen (secondary N) is 1. The van der Waals surface area contributed by atoms with Crippen LogP contribution in [-0.2, 0) is 4.74 Å². The number of hydrogen-bond acceptors (Lipinski definition) is 9. The van der Waals surface area contributed by atoms with E-state index in [-0.39, 0.29) is 0 Å². The molecule has 4 rings (SSSR count). The molecule has 8 nitrogen and oxygen atoms in total. The zero-order chi connectivity index (χ0) is 20.9. The summed E-state index contributed by atoms with van der Waals surface area (Å²) in [5.74, 6) is 1.32. The minimum absolute atomic E-state index is 0.532. The Morgan fingerprint density at radius 2 is 1.93 bits per heavy atom. The van der Waals surface area contributed by atoms with Gasteiger partial charge >= 0.3 is 0 Å². The third kappa shape index (κ3) is 5.17. The highest BCUT2D eigenvalue weighted by atomic mass is 32.2. The lowest BCUT2D eigenvalue weighted by atomic mass is 10.1. The van der Waals surface area contributed by atoms with Gasteiger partial charge in [0, 0.05) is 37.9 Å². The molecule has 0 bridgehead atoms. The monoisotopic (exact) mass is 425 g/mol. The van der Waals surface area contributed by atoms with Gasteiger partial charge in [0.1, 0.15) is 11.6 Å². The van der Waals surface area contributed by atoms with Gasteiger partial charge in [-0.3, -0.25) is 14.2 Å². The minimum Gasteiger partial charge on any atom is -0.383 e. The molecule has 3 aromatic rings. The summed E-state index contributed by atoms with van der Waals surface area (Å²) in [7, 11) is 3.96. The van der Waals surface area contributed by atoms with Crippen LogP contribution in [0.4, 0.5) is 11.6 Å². The highest BCUT2D eigenvalue weighted by Gasteiger charge is 2.11. The van der Waals surface area contributed by atoms with Gasteiger partial charge in [-0.15, -0.1) is 0 Å². The van der Waals surface area contributed by atoms with Crippen LogP contribution in [0.25, 0.3) is 22.2 Å². The van der Waals surface area contributed by atoms with Crippen LogP contribution in [0.1, 0.15) is 0 Å². The molecule has 0 amide bonds. The molecule has 0 saturated carbocycles. The lowest BCUT2D eigenvalue weighted by molar-refractivity contribution is 0.0398. The van der Waals surface area contributed by atoms with Gasteiger partial charge in [-0.1, -0.05) is 6.07 Å². The number of anilines is 2. The fourth-order valence-corrected chi connectivity index (χ4v) is 4.05. The number of fused-ring (bicyclic) bond motifs is 1. The third-order valence-corrected chi connectivity index (χ3v) is 5.76. The zero-order valence-electron chi connectivity index (χ0n) is 17.3. The van der Waals surface area contributed by atoms with Gasteiger partial charge in [-0.05, 0) is 49.8 Å². The first-order valence-electron chi connectivity index (χ1n) is 10.0. The standard InChI is InChI=1S/C21H27N7OS/c1-27(2)30-19-12-16(13-25-21(19)22)15-3-4-17-18(11-15)26-20(14-24-17)23-5-6-28-7-9-29-10-8-28/h3-4,11-14H,5-10H2,1-2H3,(H2,22,25)(H,23,26). The first-order chi connectivity index (χ1) is 14.6. The summed E-state index contributed by atoms with van der Waals surface area (Å²) in [6, 6.07) is 8.14. The van der Waals surface area contributed by atoms with Crippen molar-refractivity contribution < 1.29 is 4.74 Å². The number of aromatic nitrogens is 3. The van der Waals surface area contributed by atoms with E-state index in [1.807, 2.05) is 36.6 Å². The summed E-state index contributed by atoms with van der Waals surface area (Å²) in [6.07, 6.45) is 3.59. The third-order valence-electron chi connectivity index (χ3n) is 4.88. The predicted octanol–water partition coefficient (Wildman–Crippen LogP) is 2.59. The first kappa shape index (κ1) is 20.8. The maximum absolute atomic E-state index is 6.03. The number of benzene rings is 1. The molecule has 0 radical (unpaired) electrons. The number of nitrogens with two attached hydrogens (primary N) is 1. The Labute approximate surface area is 181 Å². The van der Waals surface area contributed by atoms with Gasteiger partial charge in [0.2, 0.25) is 0 Å². The van der Waals surface area contributed by atoms with Crippen molar-refractivity contribution >= 4 is 34.6 Å². The number of pyridine rings is 1. The Morgan fingerprint density at radius 1 is 1.10 bits per heavy atom. The molecule has 0 aliphatic carbocycles. The molecule has 0 unspecified atom stereocenters. The van der Waals surface area contributed by atoms with E-state index < -0.39 is 0 Å². The molecule has 30 heavy (non-hydrogen) atoms. The molecule has 2 aromatic heterocycles. The fourth-order valence-electron chi connectivity index (χ4n) is 3.33. The highest BCUT2D eigenvalue weighted by molar-refractivity contribution is 7.97. The molecule has 9 heteroatoms. The number of rotatable bonds is 7. The molecular formula is C21H27N7OS. The summed E-state index contributed by atoms with van der Waals surface area (Å²) < 4.78 is 7.39. The van der Waals surface area contributed by atoms with Gasteiger partial charge in [0.05, 0.1) is 35.3 Å². The highest BCUT2D eigenvalue weighted by Crippen LogP contribution is 2.30. The van der Waals surface area contributed by atoms with E-state index in [1.54, 1.807) is 24.3 Å². The largest absolute Gasteiger partial charge is 0.383 e. The second-order valence-corrected chi connectivity index (χ2v) is 8.70. The van der Waals surface area contributed by atoms with Crippen molar-refractivity contribution in [1.82, 2.24) is 24.2 Å². The molecule has 1 fully saturated rings. The Morgan fingerprint density at radius 3 is 2.73 bits per heavy atom.